The summed E-state index contributed by atoms with van der Waals surface area (Å²) in [5.41, 5.74) is 2.13. The lowest BCUT2D eigenvalue weighted by Gasteiger charge is -2.19. The Morgan fingerprint density at radius 2 is 1.62 bits per heavy atom. The highest BCUT2D eigenvalue weighted by Gasteiger charge is 2.23. The number of aryl methyl sites for hydroxylation is 1. The first-order chi connectivity index (χ1) is 11.2. The second-order valence-corrected chi connectivity index (χ2v) is 9.67. The van der Waals surface area contributed by atoms with Crippen molar-refractivity contribution >= 4 is 19.7 Å². The van der Waals surface area contributed by atoms with E-state index in [4.69, 9.17) is 0 Å². The minimum atomic E-state index is -3.62. The van der Waals surface area contributed by atoms with Crippen LogP contribution in [0.3, 0.4) is 0 Å². The van der Waals surface area contributed by atoms with Crippen LogP contribution in [0.1, 0.15) is 24.0 Å². The predicted molar refractivity (Wildman–Crippen MR) is 85.9 cm³/mol. The van der Waals surface area contributed by atoms with Gasteiger partial charge in [0.05, 0.1) is 11.9 Å². The smallest absolute Gasteiger partial charge is 0.234 e. The molecule has 0 saturated carbocycles. The minimum absolute atomic E-state index is 0.0363. The number of hydrogen-bond donors (Lipinski definition) is 0. The van der Waals surface area contributed by atoms with Crippen LogP contribution in [0.25, 0.3) is 11.4 Å². The van der Waals surface area contributed by atoms with Crippen molar-refractivity contribution in [3.05, 3.63) is 23.4 Å². The zero-order chi connectivity index (χ0) is 17.5. The van der Waals surface area contributed by atoms with Crippen LogP contribution in [0.4, 0.5) is 0 Å². The van der Waals surface area contributed by atoms with Gasteiger partial charge in [0.25, 0.3) is 5.16 Å². The summed E-state index contributed by atoms with van der Waals surface area (Å²) >= 11 is 0. The van der Waals surface area contributed by atoms with E-state index >= 15 is 0 Å². The van der Waals surface area contributed by atoms with Crippen molar-refractivity contribution in [2.24, 2.45) is 0 Å². The minimum Gasteiger partial charge on any atom is -0.234 e. The van der Waals surface area contributed by atoms with Crippen LogP contribution in [0.5, 0.6) is 0 Å². The quantitative estimate of drug-likeness (QED) is 0.773. The first kappa shape index (κ1) is 16.9. The van der Waals surface area contributed by atoms with E-state index in [0.29, 0.717) is 6.42 Å². The fourth-order valence-electron chi connectivity index (χ4n) is 2.71. The van der Waals surface area contributed by atoms with Crippen LogP contribution in [-0.2, 0) is 32.5 Å². The number of fused-ring (bicyclic) bond motifs is 1. The van der Waals surface area contributed by atoms with Crippen molar-refractivity contribution in [3.8, 4) is 11.4 Å². The molecule has 128 valence electrons. The zero-order valence-corrected chi connectivity index (χ0v) is 14.9. The molecule has 10 heteroatoms. The third kappa shape index (κ3) is 3.29. The summed E-state index contributed by atoms with van der Waals surface area (Å²) in [5.74, 6) is 0. The molecule has 0 amide bonds. The van der Waals surface area contributed by atoms with Crippen molar-refractivity contribution in [3.63, 3.8) is 0 Å². The van der Waals surface area contributed by atoms with Gasteiger partial charge in [-0.2, -0.15) is 5.10 Å². The summed E-state index contributed by atoms with van der Waals surface area (Å²) in [4.78, 5) is 8.21. The van der Waals surface area contributed by atoms with Crippen molar-refractivity contribution in [2.45, 2.75) is 35.9 Å². The van der Waals surface area contributed by atoms with E-state index in [9.17, 15) is 16.8 Å². The summed E-state index contributed by atoms with van der Waals surface area (Å²) in [7, 11) is -7.13. The largest absolute Gasteiger partial charge is 0.267 e. The Bertz CT molecular complexity index is 1020. The average Bonchev–Trinajstić information content (AvgIpc) is 2.52. The Morgan fingerprint density at radius 1 is 0.917 bits per heavy atom. The molecule has 3 rings (SSSR count). The summed E-state index contributed by atoms with van der Waals surface area (Å²) in [6, 6.07) is 1.76. The van der Waals surface area contributed by atoms with E-state index in [-0.39, 0.29) is 16.4 Å². The predicted octanol–water partition coefficient (Wildman–Crippen LogP) is 0.619. The van der Waals surface area contributed by atoms with Crippen molar-refractivity contribution in [1.29, 1.82) is 0 Å². The molecule has 0 atom stereocenters. The van der Waals surface area contributed by atoms with Crippen molar-refractivity contribution in [2.75, 3.05) is 12.5 Å². The normalized spacial score (nSPS) is 15.1. The Labute approximate surface area is 140 Å². The molecule has 0 N–H and O–H groups in total. The van der Waals surface area contributed by atoms with E-state index in [1.54, 1.807) is 6.07 Å². The van der Waals surface area contributed by atoms with Gasteiger partial charge in [-0.05, 0) is 42.9 Å². The molecule has 8 nitrogen and oxygen atoms in total. The first-order valence-electron chi connectivity index (χ1n) is 7.29. The van der Waals surface area contributed by atoms with Crippen LogP contribution >= 0.6 is 0 Å². The van der Waals surface area contributed by atoms with Crippen molar-refractivity contribution in [1.82, 2.24) is 20.2 Å². The molecule has 2 aromatic heterocycles. The molecule has 1 aliphatic carbocycles. The SMILES string of the molecule is CS(=O)(=O)c1nncc(-c2cc3c(c(S(C)(=O)=O)n2)CCCC3)n1. The standard InChI is InChI=1S/C14H16N4O4S2/c1-23(19,20)13-10-6-4-3-5-9(10)7-11(16-13)12-8-15-18-14(17-12)24(2,21)22/h7-8H,3-6H2,1-2H3. The monoisotopic (exact) mass is 368 g/mol. The van der Waals surface area contributed by atoms with E-state index < -0.39 is 24.8 Å². The van der Waals surface area contributed by atoms with Gasteiger partial charge in [0, 0.05) is 12.5 Å². The van der Waals surface area contributed by atoms with Crippen LogP contribution in [0.2, 0.25) is 0 Å². The fourth-order valence-corrected chi connectivity index (χ4v) is 4.12. The molecule has 0 spiro atoms. The number of nitrogens with zero attached hydrogens (tertiary/aromatic N) is 4. The molecule has 0 bridgehead atoms. The van der Waals surface area contributed by atoms with E-state index in [1.807, 2.05) is 0 Å². The molecule has 0 unspecified atom stereocenters. The lowest BCUT2D eigenvalue weighted by atomic mass is 9.92. The average molecular weight is 368 g/mol. The molecule has 2 heterocycles. The number of hydrogen-bond acceptors (Lipinski definition) is 8. The van der Waals surface area contributed by atoms with Crippen LogP contribution in [0, 0.1) is 0 Å². The molecule has 0 aliphatic heterocycles. The maximum Gasteiger partial charge on any atom is 0.267 e. The van der Waals surface area contributed by atoms with Gasteiger partial charge in [-0.3, -0.25) is 0 Å². The Morgan fingerprint density at radius 3 is 2.29 bits per heavy atom. The maximum absolute atomic E-state index is 12.1. The molecular formula is C14H16N4O4S2. The molecule has 0 fully saturated rings. The number of sulfone groups is 2. The van der Waals surface area contributed by atoms with E-state index in [0.717, 1.165) is 42.9 Å². The second kappa shape index (κ2) is 5.85. The van der Waals surface area contributed by atoms with Gasteiger partial charge < -0.3 is 0 Å². The highest BCUT2D eigenvalue weighted by molar-refractivity contribution is 7.90. The highest BCUT2D eigenvalue weighted by Crippen LogP contribution is 2.29. The second-order valence-electron chi connectivity index (χ2n) is 5.83. The summed E-state index contributed by atoms with van der Waals surface area (Å²) in [6.07, 6.45) is 6.69. The summed E-state index contributed by atoms with van der Waals surface area (Å²) < 4.78 is 47.4. The lowest BCUT2D eigenvalue weighted by molar-refractivity contribution is 0.587. The van der Waals surface area contributed by atoms with Gasteiger partial charge in [0.2, 0.25) is 9.84 Å². The van der Waals surface area contributed by atoms with Crippen LogP contribution < -0.4 is 0 Å². The van der Waals surface area contributed by atoms with Gasteiger partial charge in [-0.25, -0.2) is 26.8 Å². The molecule has 2 aromatic rings. The van der Waals surface area contributed by atoms with Gasteiger partial charge in [0.15, 0.2) is 14.9 Å². The van der Waals surface area contributed by atoms with Gasteiger partial charge in [-0.1, -0.05) is 0 Å². The van der Waals surface area contributed by atoms with E-state index in [1.165, 1.54) is 6.20 Å². The first-order valence-corrected chi connectivity index (χ1v) is 11.1. The highest BCUT2D eigenvalue weighted by atomic mass is 32.2. The summed E-state index contributed by atoms with van der Waals surface area (Å²) in [6.45, 7) is 0. The van der Waals surface area contributed by atoms with Gasteiger partial charge >= 0.3 is 0 Å². The molecule has 0 saturated heterocycles. The van der Waals surface area contributed by atoms with Gasteiger partial charge in [-0.15, -0.1) is 5.10 Å². The summed E-state index contributed by atoms with van der Waals surface area (Å²) in [5, 5.41) is 6.77. The number of aromatic nitrogens is 4. The van der Waals surface area contributed by atoms with Crippen LogP contribution in [-0.4, -0.2) is 49.5 Å². The third-order valence-corrected chi connectivity index (χ3v) is 5.66. The molecular weight excluding hydrogens is 352 g/mol. The number of pyridine rings is 1. The molecule has 24 heavy (non-hydrogen) atoms. The van der Waals surface area contributed by atoms with Crippen molar-refractivity contribution < 1.29 is 16.8 Å². The number of rotatable bonds is 3. The third-order valence-electron chi connectivity index (χ3n) is 3.79. The van der Waals surface area contributed by atoms with Gasteiger partial charge in [0.1, 0.15) is 5.69 Å². The van der Waals surface area contributed by atoms with Crippen LogP contribution in [0.15, 0.2) is 22.4 Å². The molecule has 0 aromatic carbocycles. The zero-order valence-electron chi connectivity index (χ0n) is 13.2. The lowest BCUT2D eigenvalue weighted by Crippen LogP contribution is -2.14. The maximum atomic E-state index is 12.1. The Balaban J connectivity index is 2.23. The fraction of sp³-hybridized carbons (Fsp3) is 0.429. The molecule has 0 radical (unpaired) electrons. The Hall–Kier alpha value is -1.94. The van der Waals surface area contributed by atoms with E-state index in [2.05, 4.69) is 20.2 Å². The topological polar surface area (TPSA) is 120 Å². The molecule has 1 aliphatic rings. The Kier molecular flexibility index (Phi) is 4.12.